The number of carbonyl (C=O) groups excluding carboxylic acids is 1. The largest absolute Gasteiger partial charge is 0.352 e. The third-order valence-electron chi connectivity index (χ3n) is 3.68. The smallest absolute Gasteiger partial charge is 0.263 e. The van der Waals surface area contributed by atoms with Crippen LogP contribution in [0.1, 0.15) is 20.3 Å². The van der Waals surface area contributed by atoms with Crippen LogP contribution >= 0.6 is 22.7 Å². The Balaban J connectivity index is 1.97. The van der Waals surface area contributed by atoms with Crippen molar-refractivity contribution in [2.45, 2.75) is 32.9 Å². The quantitative estimate of drug-likeness (QED) is 0.771. The fourth-order valence-electron chi connectivity index (χ4n) is 2.27. The third kappa shape index (κ3) is 3.20. The molecule has 0 saturated heterocycles. The molecule has 0 aromatic carbocycles. The molecule has 0 aliphatic rings. The van der Waals surface area contributed by atoms with Crippen molar-refractivity contribution in [1.82, 2.24) is 14.9 Å². The summed E-state index contributed by atoms with van der Waals surface area (Å²) in [5, 5.41) is 7.39. The molecule has 3 aromatic rings. The molecule has 0 aliphatic carbocycles. The Bertz CT molecular complexity index is 881. The van der Waals surface area contributed by atoms with Gasteiger partial charge in [0.15, 0.2) is 0 Å². The number of hydrogen-bond acceptors (Lipinski definition) is 5. The van der Waals surface area contributed by atoms with Crippen LogP contribution in [-0.2, 0) is 11.3 Å². The zero-order chi connectivity index (χ0) is 16.4. The van der Waals surface area contributed by atoms with Gasteiger partial charge in [-0.1, -0.05) is 13.0 Å². The molecule has 23 heavy (non-hydrogen) atoms. The highest BCUT2D eigenvalue weighted by Gasteiger charge is 2.15. The Morgan fingerprint density at radius 3 is 2.96 bits per heavy atom. The number of thiophene rings is 2. The number of aromatic nitrogens is 2. The van der Waals surface area contributed by atoms with Crippen LogP contribution in [-0.4, -0.2) is 21.5 Å². The summed E-state index contributed by atoms with van der Waals surface area (Å²) in [6, 6.07) is 4.04. The molecule has 0 spiro atoms. The van der Waals surface area contributed by atoms with Crippen molar-refractivity contribution in [2.24, 2.45) is 0 Å². The molecule has 0 saturated carbocycles. The molecule has 1 atom stereocenters. The highest BCUT2D eigenvalue weighted by molar-refractivity contribution is 7.18. The number of fused-ring (bicyclic) bond motifs is 1. The summed E-state index contributed by atoms with van der Waals surface area (Å²) in [5.41, 5.74) is 0.730. The van der Waals surface area contributed by atoms with E-state index in [-0.39, 0.29) is 24.1 Å². The van der Waals surface area contributed by atoms with Gasteiger partial charge in [0.05, 0.1) is 11.7 Å². The van der Waals surface area contributed by atoms with Crippen LogP contribution in [0.2, 0.25) is 0 Å². The lowest BCUT2D eigenvalue weighted by molar-refractivity contribution is -0.122. The molecule has 0 radical (unpaired) electrons. The molecular formula is C16H17N3O2S2. The maximum absolute atomic E-state index is 12.8. The number of amides is 1. The van der Waals surface area contributed by atoms with Crippen molar-refractivity contribution in [2.75, 3.05) is 0 Å². The van der Waals surface area contributed by atoms with Crippen molar-refractivity contribution >= 4 is 38.8 Å². The summed E-state index contributed by atoms with van der Waals surface area (Å²) in [6.45, 7) is 3.94. The number of nitrogens with zero attached hydrogens (tertiary/aromatic N) is 2. The molecule has 120 valence electrons. The molecule has 0 fully saturated rings. The van der Waals surface area contributed by atoms with Crippen LogP contribution in [0.3, 0.4) is 0 Å². The van der Waals surface area contributed by atoms with Gasteiger partial charge in [-0.2, -0.15) is 0 Å². The van der Waals surface area contributed by atoms with E-state index < -0.39 is 0 Å². The predicted octanol–water partition coefficient (Wildman–Crippen LogP) is 3.10. The molecule has 1 N–H and O–H groups in total. The molecule has 3 aromatic heterocycles. The lowest BCUT2D eigenvalue weighted by Gasteiger charge is -2.12. The van der Waals surface area contributed by atoms with E-state index in [0.717, 1.165) is 16.9 Å². The summed E-state index contributed by atoms with van der Waals surface area (Å²) in [5.74, 6) is -0.171. The van der Waals surface area contributed by atoms with E-state index in [1.165, 1.54) is 22.2 Å². The Hall–Kier alpha value is -1.99. The summed E-state index contributed by atoms with van der Waals surface area (Å²) in [7, 11) is 0. The molecule has 3 heterocycles. The number of rotatable bonds is 5. The molecular weight excluding hydrogens is 330 g/mol. The maximum Gasteiger partial charge on any atom is 0.263 e. The molecule has 0 aliphatic heterocycles. The van der Waals surface area contributed by atoms with Gasteiger partial charge in [-0.25, -0.2) is 4.98 Å². The Morgan fingerprint density at radius 2 is 2.26 bits per heavy atom. The van der Waals surface area contributed by atoms with E-state index in [9.17, 15) is 9.59 Å². The van der Waals surface area contributed by atoms with Crippen LogP contribution < -0.4 is 10.9 Å². The number of hydrogen-bond donors (Lipinski definition) is 1. The summed E-state index contributed by atoms with van der Waals surface area (Å²) < 4.78 is 1.38. The zero-order valence-corrected chi connectivity index (χ0v) is 14.5. The van der Waals surface area contributed by atoms with E-state index in [1.54, 1.807) is 11.3 Å². The number of nitrogens with one attached hydrogen (secondary N) is 1. The average molecular weight is 347 g/mol. The fraction of sp³-hybridized carbons (Fsp3) is 0.312. The van der Waals surface area contributed by atoms with Crippen LogP contribution in [0.15, 0.2) is 34.0 Å². The van der Waals surface area contributed by atoms with Crippen LogP contribution in [0.25, 0.3) is 20.7 Å². The van der Waals surface area contributed by atoms with Crippen molar-refractivity contribution in [1.29, 1.82) is 0 Å². The molecule has 1 unspecified atom stereocenters. The second-order valence-corrected chi connectivity index (χ2v) is 7.17. The van der Waals surface area contributed by atoms with Crippen molar-refractivity contribution in [3.63, 3.8) is 0 Å². The monoisotopic (exact) mass is 347 g/mol. The molecule has 1 amide bonds. The first-order chi connectivity index (χ1) is 11.1. The first kappa shape index (κ1) is 15.9. The molecule has 0 bridgehead atoms. The standard InChI is InChI=1S/C16H17N3O2S2/c1-3-10(2)18-13(20)7-19-9-17-15-14(16(19)21)11(8-23-15)12-5-4-6-22-12/h4-6,8-10H,3,7H2,1-2H3,(H,18,20). The van der Waals surface area contributed by atoms with E-state index in [4.69, 9.17) is 0 Å². The normalized spacial score (nSPS) is 12.4. The minimum atomic E-state index is -0.171. The van der Waals surface area contributed by atoms with Crippen molar-refractivity contribution in [3.8, 4) is 10.4 Å². The van der Waals surface area contributed by atoms with E-state index in [1.807, 2.05) is 36.7 Å². The van der Waals surface area contributed by atoms with E-state index in [0.29, 0.717) is 10.2 Å². The van der Waals surface area contributed by atoms with Gasteiger partial charge in [0.1, 0.15) is 11.4 Å². The third-order valence-corrected chi connectivity index (χ3v) is 5.47. The van der Waals surface area contributed by atoms with Crippen molar-refractivity contribution < 1.29 is 4.79 Å². The van der Waals surface area contributed by atoms with E-state index >= 15 is 0 Å². The van der Waals surface area contributed by atoms with E-state index in [2.05, 4.69) is 10.3 Å². The average Bonchev–Trinajstić information content (AvgIpc) is 3.18. The lowest BCUT2D eigenvalue weighted by Crippen LogP contribution is -2.37. The second-order valence-electron chi connectivity index (χ2n) is 5.36. The summed E-state index contributed by atoms with van der Waals surface area (Å²) >= 11 is 3.04. The minimum absolute atomic E-state index is 0.00809. The van der Waals surface area contributed by atoms with Gasteiger partial charge < -0.3 is 5.32 Å². The SMILES string of the molecule is CCC(C)NC(=O)Cn1cnc2scc(-c3cccs3)c2c1=O. The predicted molar refractivity (Wildman–Crippen MR) is 95.1 cm³/mol. The van der Waals surface area contributed by atoms with Gasteiger partial charge in [0.2, 0.25) is 5.91 Å². The topological polar surface area (TPSA) is 64.0 Å². The van der Waals surface area contributed by atoms with Gasteiger partial charge >= 0.3 is 0 Å². The van der Waals surface area contributed by atoms with Crippen LogP contribution in [0.5, 0.6) is 0 Å². The Labute approximate surface area is 141 Å². The first-order valence-electron chi connectivity index (χ1n) is 7.40. The summed E-state index contributed by atoms with van der Waals surface area (Å²) in [4.78, 5) is 30.9. The highest BCUT2D eigenvalue weighted by atomic mass is 32.1. The first-order valence-corrected chi connectivity index (χ1v) is 9.16. The Morgan fingerprint density at radius 1 is 1.43 bits per heavy atom. The molecule has 7 heteroatoms. The summed E-state index contributed by atoms with van der Waals surface area (Å²) in [6.07, 6.45) is 2.31. The Kier molecular flexibility index (Phi) is 4.58. The zero-order valence-electron chi connectivity index (χ0n) is 12.9. The van der Waals surface area contributed by atoms with Gasteiger partial charge in [-0.15, -0.1) is 22.7 Å². The molecule has 5 nitrogen and oxygen atoms in total. The fourth-order valence-corrected chi connectivity index (χ4v) is 3.99. The highest BCUT2D eigenvalue weighted by Crippen LogP contribution is 2.33. The van der Waals surface area contributed by atoms with Gasteiger partial charge in [0.25, 0.3) is 5.56 Å². The second kappa shape index (κ2) is 6.64. The van der Waals surface area contributed by atoms with Crippen molar-refractivity contribution in [3.05, 3.63) is 39.6 Å². The lowest BCUT2D eigenvalue weighted by atomic mass is 10.2. The molecule has 3 rings (SSSR count). The van der Waals surface area contributed by atoms with Crippen LogP contribution in [0.4, 0.5) is 0 Å². The number of carbonyl (C=O) groups is 1. The van der Waals surface area contributed by atoms with Gasteiger partial charge in [-0.3, -0.25) is 14.2 Å². The van der Waals surface area contributed by atoms with Gasteiger partial charge in [0, 0.05) is 21.9 Å². The van der Waals surface area contributed by atoms with Crippen LogP contribution in [0, 0.1) is 0 Å². The minimum Gasteiger partial charge on any atom is -0.352 e. The maximum atomic E-state index is 12.8. The van der Waals surface area contributed by atoms with Gasteiger partial charge in [-0.05, 0) is 24.8 Å².